The van der Waals surface area contributed by atoms with E-state index in [9.17, 15) is 0 Å². The molecule has 0 saturated carbocycles. The molecule has 0 fully saturated rings. The van der Waals surface area contributed by atoms with Gasteiger partial charge in [0.1, 0.15) is 12.2 Å². The van der Waals surface area contributed by atoms with Crippen LogP contribution in [0.2, 0.25) is 0 Å². The van der Waals surface area contributed by atoms with Crippen LogP contribution in [0.25, 0.3) is 22.4 Å². The molecule has 0 unspecified atom stereocenters. The summed E-state index contributed by atoms with van der Waals surface area (Å²) in [4.78, 5) is 12.4. The number of benzene rings is 1. The Kier molecular flexibility index (Phi) is 2.67. The van der Waals surface area contributed by atoms with Crippen LogP contribution in [0.15, 0.2) is 53.6 Å². The topological polar surface area (TPSA) is 82.5 Å². The van der Waals surface area contributed by atoms with Gasteiger partial charge in [0.05, 0.1) is 17.9 Å². The van der Waals surface area contributed by atoms with Crippen molar-refractivity contribution in [2.75, 3.05) is 0 Å². The summed E-state index contributed by atoms with van der Waals surface area (Å²) < 4.78 is 7.07. The Morgan fingerprint density at radius 3 is 2.95 bits per heavy atom. The molecule has 4 rings (SSSR count). The zero-order valence-corrected chi connectivity index (χ0v) is 10.9. The zero-order valence-electron chi connectivity index (χ0n) is 10.9. The molecule has 0 radical (unpaired) electrons. The molecule has 3 aromatic heterocycles. The SMILES string of the molecule is c1ccc2c(c1)cnn2Cc1nc(-c2cnccn2)no1. The largest absolute Gasteiger partial charge is 0.337 e. The van der Waals surface area contributed by atoms with E-state index < -0.39 is 0 Å². The highest BCUT2D eigenvalue weighted by Crippen LogP contribution is 2.15. The van der Waals surface area contributed by atoms with E-state index in [1.54, 1.807) is 18.6 Å². The molecule has 102 valence electrons. The molecule has 0 aliphatic rings. The lowest BCUT2D eigenvalue weighted by Crippen LogP contribution is -2.01. The van der Waals surface area contributed by atoms with Gasteiger partial charge in [-0.25, -0.2) is 4.98 Å². The lowest BCUT2D eigenvalue weighted by atomic mass is 10.3. The number of rotatable bonds is 3. The minimum absolute atomic E-state index is 0.417. The summed E-state index contributed by atoms with van der Waals surface area (Å²) >= 11 is 0. The highest BCUT2D eigenvalue weighted by Gasteiger charge is 2.11. The Hall–Kier alpha value is -3.09. The van der Waals surface area contributed by atoms with Crippen LogP contribution in [0.1, 0.15) is 5.89 Å². The first-order valence-electron chi connectivity index (χ1n) is 6.40. The van der Waals surface area contributed by atoms with Crippen LogP contribution in [0.5, 0.6) is 0 Å². The van der Waals surface area contributed by atoms with Gasteiger partial charge in [-0.3, -0.25) is 9.67 Å². The third kappa shape index (κ3) is 2.14. The third-order valence-electron chi connectivity index (χ3n) is 3.10. The van der Waals surface area contributed by atoms with Crippen molar-refractivity contribution < 1.29 is 4.52 Å². The summed E-state index contributed by atoms with van der Waals surface area (Å²) in [6.45, 7) is 0.417. The molecule has 1 aromatic carbocycles. The predicted octanol–water partition coefficient (Wildman–Crippen LogP) is 1.92. The summed E-state index contributed by atoms with van der Waals surface area (Å²) in [5.74, 6) is 0.902. The maximum atomic E-state index is 5.25. The molecular formula is C14H10N6O. The number of hydrogen-bond acceptors (Lipinski definition) is 6. The first-order chi connectivity index (χ1) is 10.4. The molecule has 0 aliphatic carbocycles. The molecule has 3 heterocycles. The number of hydrogen-bond donors (Lipinski definition) is 0. The van der Waals surface area contributed by atoms with Gasteiger partial charge in [0.2, 0.25) is 11.7 Å². The van der Waals surface area contributed by atoms with Gasteiger partial charge >= 0.3 is 0 Å². The van der Waals surface area contributed by atoms with Crippen molar-refractivity contribution >= 4 is 10.9 Å². The van der Waals surface area contributed by atoms with Crippen LogP contribution < -0.4 is 0 Å². The molecule has 0 spiro atoms. The Morgan fingerprint density at radius 1 is 1.10 bits per heavy atom. The van der Waals surface area contributed by atoms with Gasteiger partial charge in [-0.05, 0) is 6.07 Å². The second kappa shape index (κ2) is 4.78. The molecule has 0 aliphatic heterocycles. The Labute approximate surface area is 119 Å². The number of fused-ring (bicyclic) bond motifs is 1. The number of para-hydroxylation sites is 1. The van der Waals surface area contributed by atoms with Crippen LogP contribution in [0.4, 0.5) is 0 Å². The predicted molar refractivity (Wildman–Crippen MR) is 74.2 cm³/mol. The van der Waals surface area contributed by atoms with E-state index in [-0.39, 0.29) is 0 Å². The van der Waals surface area contributed by atoms with Crippen LogP contribution in [0.3, 0.4) is 0 Å². The van der Waals surface area contributed by atoms with E-state index in [1.165, 1.54) is 0 Å². The van der Waals surface area contributed by atoms with E-state index in [4.69, 9.17) is 4.52 Å². The fourth-order valence-corrected chi connectivity index (χ4v) is 2.12. The molecule has 0 amide bonds. The smallest absolute Gasteiger partial charge is 0.248 e. The van der Waals surface area contributed by atoms with Crippen molar-refractivity contribution in [3.63, 3.8) is 0 Å². The summed E-state index contributed by atoms with van der Waals surface area (Å²) in [7, 11) is 0. The lowest BCUT2D eigenvalue weighted by molar-refractivity contribution is 0.368. The van der Waals surface area contributed by atoms with Gasteiger partial charge in [-0.15, -0.1) is 0 Å². The van der Waals surface area contributed by atoms with Crippen molar-refractivity contribution in [2.45, 2.75) is 6.54 Å². The minimum atomic E-state index is 0.417. The van der Waals surface area contributed by atoms with E-state index in [0.717, 1.165) is 10.9 Å². The van der Waals surface area contributed by atoms with E-state index in [0.29, 0.717) is 24.0 Å². The van der Waals surface area contributed by atoms with Crippen LogP contribution in [0, 0.1) is 0 Å². The minimum Gasteiger partial charge on any atom is -0.337 e. The van der Waals surface area contributed by atoms with Crippen molar-refractivity contribution in [3.8, 4) is 11.5 Å². The summed E-state index contributed by atoms with van der Waals surface area (Å²) in [6, 6.07) is 7.96. The van der Waals surface area contributed by atoms with E-state index in [2.05, 4.69) is 25.2 Å². The first kappa shape index (κ1) is 11.7. The normalized spacial score (nSPS) is 11.0. The lowest BCUT2D eigenvalue weighted by Gasteiger charge is -1.98. The molecule has 7 nitrogen and oxygen atoms in total. The molecule has 21 heavy (non-hydrogen) atoms. The van der Waals surface area contributed by atoms with Crippen LogP contribution in [-0.4, -0.2) is 29.9 Å². The van der Waals surface area contributed by atoms with Crippen molar-refractivity contribution in [1.29, 1.82) is 0 Å². The fourth-order valence-electron chi connectivity index (χ4n) is 2.12. The van der Waals surface area contributed by atoms with E-state index in [1.807, 2.05) is 35.1 Å². The van der Waals surface area contributed by atoms with Gasteiger partial charge in [-0.1, -0.05) is 23.4 Å². The first-order valence-corrected chi connectivity index (χ1v) is 6.40. The summed E-state index contributed by atoms with van der Waals surface area (Å²) in [5.41, 5.74) is 1.61. The van der Waals surface area contributed by atoms with Crippen LogP contribution in [-0.2, 0) is 6.54 Å². The molecule has 0 atom stereocenters. The second-order valence-electron chi connectivity index (χ2n) is 4.46. The zero-order chi connectivity index (χ0) is 14.1. The van der Waals surface area contributed by atoms with Gasteiger partial charge < -0.3 is 4.52 Å². The fraction of sp³-hybridized carbons (Fsp3) is 0.0714. The summed E-state index contributed by atoms with van der Waals surface area (Å²) in [5, 5.41) is 9.33. The van der Waals surface area contributed by atoms with E-state index >= 15 is 0 Å². The summed E-state index contributed by atoms with van der Waals surface area (Å²) in [6.07, 6.45) is 6.60. The standard InChI is InChI=1S/C14H10N6O/c1-2-4-12-10(3-1)7-17-20(12)9-13-18-14(19-21-13)11-8-15-5-6-16-11/h1-8H,9H2. The van der Waals surface area contributed by atoms with Crippen LogP contribution >= 0.6 is 0 Å². The third-order valence-corrected chi connectivity index (χ3v) is 3.10. The van der Waals surface area contributed by atoms with Gasteiger partial charge in [0.25, 0.3) is 0 Å². The average molecular weight is 278 g/mol. The molecular weight excluding hydrogens is 268 g/mol. The van der Waals surface area contributed by atoms with Gasteiger partial charge in [0, 0.05) is 17.8 Å². The average Bonchev–Trinajstić information content (AvgIpc) is 3.17. The quantitative estimate of drug-likeness (QED) is 0.569. The van der Waals surface area contributed by atoms with Crippen molar-refractivity contribution in [1.82, 2.24) is 29.9 Å². The highest BCUT2D eigenvalue weighted by molar-refractivity contribution is 5.78. The van der Waals surface area contributed by atoms with Crippen molar-refractivity contribution in [3.05, 3.63) is 54.9 Å². The molecule has 4 aromatic rings. The Balaban J connectivity index is 1.65. The van der Waals surface area contributed by atoms with Gasteiger partial charge in [-0.2, -0.15) is 10.1 Å². The second-order valence-corrected chi connectivity index (χ2v) is 4.46. The number of nitrogens with zero attached hydrogens (tertiary/aromatic N) is 6. The molecule has 7 heteroatoms. The molecule has 0 N–H and O–H groups in total. The Morgan fingerprint density at radius 2 is 2.05 bits per heavy atom. The molecule has 0 saturated heterocycles. The van der Waals surface area contributed by atoms with Gasteiger partial charge in [0.15, 0.2) is 0 Å². The highest BCUT2D eigenvalue weighted by atomic mass is 16.5. The maximum Gasteiger partial charge on any atom is 0.248 e. The maximum absolute atomic E-state index is 5.25. The molecule has 0 bridgehead atoms. The monoisotopic (exact) mass is 278 g/mol. The number of aromatic nitrogens is 6. The van der Waals surface area contributed by atoms with Crippen molar-refractivity contribution in [2.24, 2.45) is 0 Å². The Bertz CT molecular complexity index is 883.